The van der Waals surface area contributed by atoms with Crippen LogP contribution in [0.15, 0.2) is 36.5 Å². The van der Waals surface area contributed by atoms with E-state index in [0.29, 0.717) is 5.13 Å². The Bertz CT molecular complexity index is 859. The smallest absolute Gasteiger partial charge is 0.270 e. The Balaban J connectivity index is 1.80. The fraction of sp³-hybridized carbons (Fsp3) is 0.250. The number of fused-ring (bicyclic) bond motifs is 1. The van der Waals surface area contributed by atoms with Crippen LogP contribution in [0, 0.1) is 10.1 Å². The van der Waals surface area contributed by atoms with Gasteiger partial charge in [-0.1, -0.05) is 11.3 Å². The number of anilines is 3. The molecule has 0 saturated heterocycles. The molecule has 2 aromatic heterocycles. The summed E-state index contributed by atoms with van der Waals surface area (Å²) < 4.78 is 0.777. The van der Waals surface area contributed by atoms with Crippen molar-refractivity contribution in [3.05, 3.63) is 46.6 Å². The average Bonchev–Trinajstić information content (AvgIpc) is 2.98. The van der Waals surface area contributed by atoms with Crippen molar-refractivity contribution in [2.75, 3.05) is 23.3 Å². The molecule has 2 heterocycles. The molecule has 0 aliphatic rings. The standard InChI is InChI=1S/C16H17N5O2S/c1-3-20(4-2)15-8-5-11(10-17-15)18-16-19-13-7-6-12(21(22)23)9-14(13)24-16/h5-10H,3-4H2,1-2H3,(H,18,19). The molecule has 0 aliphatic carbocycles. The lowest BCUT2D eigenvalue weighted by Gasteiger charge is -2.19. The Morgan fingerprint density at radius 2 is 2.04 bits per heavy atom. The zero-order valence-corrected chi connectivity index (χ0v) is 14.2. The van der Waals surface area contributed by atoms with Crippen LogP contribution in [0.25, 0.3) is 10.2 Å². The highest BCUT2D eigenvalue weighted by atomic mass is 32.1. The Kier molecular flexibility index (Phi) is 4.57. The molecule has 0 aliphatic heterocycles. The van der Waals surface area contributed by atoms with Crippen LogP contribution in [-0.2, 0) is 0 Å². The summed E-state index contributed by atoms with van der Waals surface area (Å²) in [5.41, 5.74) is 1.64. The number of hydrogen-bond donors (Lipinski definition) is 1. The quantitative estimate of drug-likeness (QED) is 0.534. The van der Waals surface area contributed by atoms with Crippen LogP contribution in [0.3, 0.4) is 0 Å². The molecule has 0 fully saturated rings. The van der Waals surface area contributed by atoms with Gasteiger partial charge < -0.3 is 10.2 Å². The highest BCUT2D eigenvalue weighted by molar-refractivity contribution is 7.22. The van der Waals surface area contributed by atoms with Crippen molar-refractivity contribution in [3.63, 3.8) is 0 Å². The molecule has 124 valence electrons. The van der Waals surface area contributed by atoms with Crippen LogP contribution in [-0.4, -0.2) is 28.0 Å². The summed E-state index contributed by atoms with van der Waals surface area (Å²) >= 11 is 1.38. The maximum absolute atomic E-state index is 10.8. The molecule has 3 aromatic rings. The lowest BCUT2D eigenvalue weighted by Crippen LogP contribution is -2.22. The van der Waals surface area contributed by atoms with Gasteiger partial charge in [0.25, 0.3) is 5.69 Å². The van der Waals surface area contributed by atoms with E-state index < -0.39 is 4.92 Å². The van der Waals surface area contributed by atoms with Crippen molar-refractivity contribution >= 4 is 43.9 Å². The second-order valence-electron chi connectivity index (χ2n) is 5.13. The number of nitrogens with one attached hydrogen (secondary N) is 1. The van der Waals surface area contributed by atoms with E-state index in [1.54, 1.807) is 18.3 Å². The van der Waals surface area contributed by atoms with Crippen molar-refractivity contribution in [2.24, 2.45) is 0 Å². The van der Waals surface area contributed by atoms with Crippen molar-refractivity contribution in [3.8, 4) is 0 Å². The minimum Gasteiger partial charge on any atom is -0.357 e. The molecule has 0 saturated carbocycles. The van der Waals surface area contributed by atoms with Gasteiger partial charge >= 0.3 is 0 Å². The molecule has 1 aromatic carbocycles. The van der Waals surface area contributed by atoms with Crippen molar-refractivity contribution in [2.45, 2.75) is 13.8 Å². The highest BCUT2D eigenvalue weighted by Crippen LogP contribution is 2.31. The SMILES string of the molecule is CCN(CC)c1ccc(Nc2nc3ccc([N+](=O)[O-])cc3s2)cn1. The first-order valence-corrected chi connectivity index (χ1v) is 8.45. The Morgan fingerprint density at radius 3 is 2.67 bits per heavy atom. The maximum atomic E-state index is 10.8. The largest absolute Gasteiger partial charge is 0.357 e. The number of aromatic nitrogens is 2. The monoisotopic (exact) mass is 343 g/mol. The normalized spacial score (nSPS) is 10.8. The Labute approximate surface area is 143 Å². The number of nitrogens with zero attached hydrogens (tertiary/aromatic N) is 4. The van der Waals surface area contributed by atoms with E-state index in [1.165, 1.54) is 17.4 Å². The van der Waals surface area contributed by atoms with Gasteiger partial charge in [0.15, 0.2) is 5.13 Å². The summed E-state index contributed by atoms with van der Waals surface area (Å²) in [6.45, 7) is 6.01. The van der Waals surface area contributed by atoms with Gasteiger partial charge in [0.05, 0.1) is 27.0 Å². The van der Waals surface area contributed by atoms with Gasteiger partial charge in [-0.3, -0.25) is 10.1 Å². The fourth-order valence-electron chi connectivity index (χ4n) is 2.40. The molecule has 0 unspecified atom stereocenters. The third-order valence-electron chi connectivity index (χ3n) is 3.67. The van der Waals surface area contributed by atoms with E-state index in [9.17, 15) is 10.1 Å². The van der Waals surface area contributed by atoms with Gasteiger partial charge in [-0.25, -0.2) is 9.97 Å². The number of hydrogen-bond acceptors (Lipinski definition) is 7. The summed E-state index contributed by atoms with van der Waals surface area (Å²) in [6.07, 6.45) is 1.77. The van der Waals surface area contributed by atoms with E-state index in [0.717, 1.165) is 34.8 Å². The van der Waals surface area contributed by atoms with Crippen LogP contribution < -0.4 is 10.2 Å². The summed E-state index contributed by atoms with van der Waals surface area (Å²) in [5.74, 6) is 0.936. The molecule has 0 bridgehead atoms. The molecule has 24 heavy (non-hydrogen) atoms. The molecule has 8 heteroatoms. The Morgan fingerprint density at radius 1 is 1.25 bits per heavy atom. The van der Waals surface area contributed by atoms with Crippen molar-refractivity contribution in [1.29, 1.82) is 0 Å². The van der Waals surface area contributed by atoms with E-state index in [1.807, 2.05) is 12.1 Å². The number of non-ortho nitro benzene ring substituents is 1. The van der Waals surface area contributed by atoms with Crippen LogP contribution in [0.5, 0.6) is 0 Å². The maximum Gasteiger partial charge on any atom is 0.270 e. The lowest BCUT2D eigenvalue weighted by atomic mass is 10.3. The van der Waals surface area contributed by atoms with E-state index in [4.69, 9.17) is 0 Å². The number of thiazole rings is 1. The first-order valence-electron chi connectivity index (χ1n) is 7.63. The second-order valence-corrected chi connectivity index (χ2v) is 6.16. The van der Waals surface area contributed by atoms with Crippen molar-refractivity contribution < 1.29 is 4.92 Å². The summed E-state index contributed by atoms with van der Waals surface area (Å²) in [6, 6.07) is 8.59. The molecule has 0 atom stereocenters. The lowest BCUT2D eigenvalue weighted by molar-refractivity contribution is -0.384. The molecule has 0 amide bonds. The fourth-order valence-corrected chi connectivity index (χ4v) is 3.32. The average molecular weight is 343 g/mol. The van der Waals surface area contributed by atoms with E-state index in [2.05, 4.69) is 34.0 Å². The number of rotatable bonds is 6. The predicted molar refractivity (Wildman–Crippen MR) is 97.4 cm³/mol. The molecule has 7 nitrogen and oxygen atoms in total. The third-order valence-corrected chi connectivity index (χ3v) is 4.60. The molecule has 3 rings (SSSR count). The van der Waals surface area contributed by atoms with Crippen LogP contribution >= 0.6 is 11.3 Å². The van der Waals surface area contributed by atoms with Gasteiger partial charge in [0.1, 0.15) is 5.82 Å². The van der Waals surface area contributed by atoms with Gasteiger partial charge in [0, 0.05) is 25.2 Å². The van der Waals surface area contributed by atoms with Gasteiger partial charge in [-0.15, -0.1) is 0 Å². The highest BCUT2D eigenvalue weighted by Gasteiger charge is 2.10. The summed E-state index contributed by atoms with van der Waals surface area (Å²) in [7, 11) is 0. The summed E-state index contributed by atoms with van der Waals surface area (Å²) in [4.78, 5) is 21.5. The third kappa shape index (κ3) is 3.28. The van der Waals surface area contributed by atoms with Gasteiger partial charge in [-0.2, -0.15) is 0 Å². The number of benzene rings is 1. The number of pyridine rings is 1. The topological polar surface area (TPSA) is 84.2 Å². The zero-order valence-electron chi connectivity index (χ0n) is 13.4. The van der Waals surface area contributed by atoms with Crippen molar-refractivity contribution in [1.82, 2.24) is 9.97 Å². The number of nitro benzene ring substituents is 1. The molecule has 0 spiro atoms. The zero-order chi connectivity index (χ0) is 17.1. The molecule has 1 N–H and O–H groups in total. The van der Waals surface area contributed by atoms with E-state index in [-0.39, 0.29) is 5.69 Å². The van der Waals surface area contributed by atoms with Crippen LogP contribution in [0.2, 0.25) is 0 Å². The minimum atomic E-state index is -0.401. The first kappa shape index (κ1) is 16.1. The van der Waals surface area contributed by atoms with Gasteiger partial charge in [-0.05, 0) is 32.0 Å². The minimum absolute atomic E-state index is 0.0722. The first-order chi connectivity index (χ1) is 11.6. The Hall–Kier alpha value is -2.74. The number of nitro groups is 1. The van der Waals surface area contributed by atoms with Gasteiger partial charge in [0.2, 0.25) is 0 Å². The molecular weight excluding hydrogens is 326 g/mol. The van der Waals surface area contributed by atoms with Crippen LogP contribution in [0.4, 0.5) is 22.3 Å². The summed E-state index contributed by atoms with van der Waals surface area (Å²) in [5, 5.41) is 14.7. The van der Waals surface area contributed by atoms with Crippen LogP contribution in [0.1, 0.15) is 13.8 Å². The second kappa shape index (κ2) is 6.79. The predicted octanol–water partition coefficient (Wildman–Crippen LogP) is 4.19. The molecular formula is C16H17N5O2S. The van der Waals surface area contributed by atoms with E-state index >= 15 is 0 Å². The molecule has 0 radical (unpaired) electrons.